The number of nitrogens with one attached hydrogen (secondary N) is 2. The van der Waals surface area contributed by atoms with E-state index in [1.54, 1.807) is 13.1 Å². The van der Waals surface area contributed by atoms with E-state index >= 15 is 0 Å². The van der Waals surface area contributed by atoms with Gasteiger partial charge in [-0.05, 0) is 19.8 Å². The van der Waals surface area contributed by atoms with Gasteiger partial charge in [-0.25, -0.2) is 9.78 Å². The molecule has 0 bridgehead atoms. The molecule has 3 N–H and O–H groups in total. The summed E-state index contributed by atoms with van der Waals surface area (Å²) in [5.41, 5.74) is -0.949. The number of aliphatic carboxylic acids is 1. The van der Waals surface area contributed by atoms with Crippen LogP contribution >= 0.6 is 0 Å². The summed E-state index contributed by atoms with van der Waals surface area (Å²) in [7, 11) is 0. The van der Waals surface area contributed by atoms with Crippen LogP contribution < -0.4 is 10.6 Å². The van der Waals surface area contributed by atoms with E-state index in [1.807, 2.05) is 0 Å². The Hall–Kier alpha value is -2.09. The summed E-state index contributed by atoms with van der Waals surface area (Å²) in [4.78, 5) is 27.1. The lowest BCUT2D eigenvalue weighted by molar-refractivity contribution is -0.154. The first kappa shape index (κ1) is 15.3. The molecule has 8 heteroatoms. The highest BCUT2D eigenvalue weighted by molar-refractivity contribution is 5.78. The van der Waals surface area contributed by atoms with E-state index in [-0.39, 0.29) is 13.1 Å². The molecule has 21 heavy (non-hydrogen) atoms. The van der Waals surface area contributed by atoms with Crippen LogP contribution in [0.15, 0.2) is 10.6 Å². The molecule has 1 aromatic heterocycles. The number of carboxylic acid groups (broad SMARTS) is 1. The van der Waals surface area contributed by atoms with Crippen molar-refractivity contribution < 1.29 is 23.8 Å². The van der Waals surface area contributed by atoms with Crippen LogP contribution in [0.1, 0.15) is 24.5 Å². The van der Waals surface area contributed by atoms with Crippen molar-refractivity contribution in [2.45, 2.75) is 26.3 Å². The number of carbonyl (C=O) groups is 2. The zero-order valence-electron chi connectivity index (χ0n) is 11.8. The van der Waals surface area contributed by atoms with Crippen LogP contribution in [0, 0.1) is 12.3 Å². The summed E-state index contributed by atoms with van der Waals surface area (Å²) in [6.45, 7) is 2.78. The summed E-state index contributed by atoms with van der Waals surface area (Å²) in [5.74, 6) is 0.162. The SMILES string of the molecule is Cc1cnc(CNC(=O)NCC2(C(=O)O)CCOCC2)o1. The number of hydrogen-bond acceptors (Lipinski definition) is 5. The average molecular weight is 297 g/mol. The van der Waals surface area contributed by atoms with Gasteiger partial charge in [0.15, 0.2) is 0 Å². The Bertz CT molecular complexity index is 508. The largest absolute Gasteiger partial charge is 0.481 e. The van der Waals surface area contributed by atoms with Crippen LogP contribution in [0.4, 0.5) is 4.79 Å². The maximum absolute atomic E-state index is 11.7. The van der Waals surface area contributed by atoms with E-state index in [0.717, 1.165) is 0 Å². The second kappa shape index (κ2) is 6.57. The molecule has 0 unspecified atom stereocenters. The third-order valence-electron chi connectivity index (χ3n) is 3.56. The van der Waals surface area contributed by atoms with Gasteiger partial charge in [-0.3, -0.25) is 4.79 Å². The summed E-state index contributed by atoms with van der Waals surface area (Å²) < 4.78 is 10.4. The third-order valence-corrected chi connectivity index (χ3v) is 3.56. The molecular formula is C13H19N3O5. The quantitative estimate of drug-likeness (QED) is 0.736. The van der Waals surface area contributed by atoms with Crippen LogP contribution in [0.3, 0.4) is 0 Å². The highest BCUT2D eigenvalue weighted by Gasteiger charge is 2.40. The number of carboxylic acids is 1. The van der Waals surface area contributed by atoms with Crippen molar-refractivity contribution >= 4 is 12.0 Å². The van der Waals surface area contributed by atoms with Gasteiger partial charge < -0.3 is 24.9 Å². The van der Waals surface area contributed by atoms with Gasteiger partial charge in [0.2, 0.25) is 5.89 Å². The second-order valence-corrected chi connectivity index (χ2v) is 5.10. The Morgan fingerprint density at radius 3 is 2.67 bits per heavy atom. The zero-order chi connectivity index (χ0) is 15.3. The number of aryl methyl sites for hydroxylation is 1. The fourth-order valence-electron chi connectivity index (χ4n) is 2.18. The van der Waals surface area contributed by atoms with Gasteiger partial charge in [0.05, 0.1) is 18.2 Å². The normalized spacial score (nSPS) is 17.2. The fourth-order valence-corrected chi connectivity index (χ4v) is 2.18. The summed E-state index contributed by atoms with van der Waals surface area (Å²) in [6, 6.07) is -0.446. The molecule has 8 nitrogen and oxygen atoms in total. The summed E-state index contributed by atoms with van der Waals surface area (Å²) in [6.07, 6.45) is 2.35. The minimum absolute atomic E-state index is 0.0716. The Morgan fingerprint density at radius 1 is 1.38 bits per heavy atom. The number of hydrogen-bond donors (Lipinski definition) is 3. The third kappa shape index (κ3) is 3.94. The fraction of sp³-hybridized carbons (Fsp3) is 0.615. The predicted molar refractivity (Wildman–Crippen MR) is 71.6 cm³/mol. The molecule has 2 heterocycles. The monoisotopic (exact) mass is 297 g/mol. The Morgan fingerprint density at radius 2 is 2.10 bits per heavy atom. The van der Waals surface area contributed by atoms with Crippen LogP contribution in [0.25, 0.3) is 0 Å². The molecule has 0 atom stereocenters. The van der Waals surface area contributed by atoms with Gasteiger partial charge in [0.1, 0.15) is 5.76 Å². The average Bonchev–Trinajstić information content (AvgIpc) is 2.89. The standard InChI is InChI=1S/C13H19N3O5/c1-9-6-14-10(21-9)7-15-12(19)16-8-13(11(17)18)2-4-20-5-3-13/h6H,2-5,7-8H2,1H3,(H,17,18)(H2,15,16,19). The molecule has 0 spiro atoms. The van der Waals surface area contributed by atoms with E-state index < -0.39 is 17.4 Å². The number of urea groups is 1. The van der Waals surface area contributed by atoms with E-state index in [1.165, 1.54) is 0 Å². The number of oxazole rings is 1. The molecule has 116 valence electrons. The summed E-state index contributed by atoms with van der Waals surface area (Å²) in [5, 5.41) is 14.5. The first-order chi connectivity index (χ1) is 10.0. The molecule has 0 radical (unpaired) electrons. The first-order valence-corrected chi connectivity index (χ1v) is 6.76. The highest BCUT2D eigenvalue weighted by atomic mass is 16.5. The smallest absolute Gasteiger partial charge is 0.315 e. The molecule has 1 saturated heterocycles. The molecule has 1 aliphatic rings. The molecule has 2 rings (SSSR count). The van der Waals surface area contributed by atoms with Gasteiger partial charge in [-0.1, -0.05) is 0 Å². The van der Waals surface area contributed by atoms with E-state index in [9.17, 15) is 14.7 Å². The molecular weight excluding hydrogens is 278 g/mol. The number of carbonyl (C=O) groups excluding carboxylic acids is 1. The lowest BCUT2D eigenvalue weighted by Crippen LogP contribution is -2.48. The zero-order valence-corrected chi connectivity index (χ0v) is 11.8. The highest BCUT2D eigenvalue weighted by Crippen LogP contribution is 2.29. The Kier molecular flexibility index (Phi) is 4.79. The first-order valence-electron chi connectivity index (χ1n) is 6.76. The van der Waals surface area contributed by atoms with Crippen LogP contribution in [-0.2, 0) is 16.1 Å². The van der Waals surface area contributed by atoms with Crippen molar-refractivity contribution in [3.8, 4) is 0 Å². The molecule has 2 amide bonds. The van der Waals surface area contributed by atoms with Gasteiger partial charge in [0, 0.05) is 19.8 Å². The lowest BCUT2D eigenvalue weighted by Gasteiger charge is -2.33. The minimum Gasteiger partial charge on any atom is -0.481 e. The van der Waals surface area contributed by atoms with Crippen molar-refractivity contribution in [3.05, 3.63) is 17.8 Å². The minimum atomic E-state index is -0.949. The van der Waals surface area contributed by atoms with Crippen LogP contribution in [-0.4, -0.2) is 41.8 Å². The summed E-state index contributed by atoms with van der Waals surface area (Å²) >= 11 is 0. The number of nitrogens with zero attached hydrogens (tertiary/aromatic N) is 1. The molecule has 0 aliphatic carbocycles. The number of ether oxygens (including phenoxy) is 1. The molecule has 1 fully saturated rings. The van der Waals surface area contributed by atoms with Gasteiger partial charge in [-0.15, -0.1) is 0 Å². The Labute approximate surface area is 121 Å². The van der Waals surface area contributed by atoms with Gasteiger partial charge in [-0.2, -0.15) is 0 Å². The molecule has 1 aromatic rings. The van der Waals surface area contributed by atoms with Crippen molar-refractivity contribution in [1.82, 2.24) is 15.6 Å². The Balaban J connectivity index is 1.80. The lowest BCUT2D eigenvalue weighted by atomic mass is 9.80. The van der Waals surface area contributed by atoms with Gasteiger partial charge >= 0.3 is 12.0 Å². The van der Waals surface area contributed by atoms with E-state index in [0.29, 0.717) is 37.7 Å². The predicted octanol–water partition coefficient (Wildman–Crippen LogP) is 0.664. The second-order valence-electron chi connectivity index (χ2n) is 5.10. The number of amides is 2. The topological polar surface area (TPSA) is 114 Å². The number of rotatable bonds is 5. The van der Waals surface area contributed by atoms with Crippen molar-refractivity contribution in [1.29, 1.82) is 0 Å². The maximum atomic E-state index is 11.7. The van der Waals surface area contributed by atoms with Crippen molar-refractivity contribution in [2.24, 2.45) is 5.41 Å². The van der Waals surface area contributed by atoms with Crippen molar-refractivity contribution in [2.75, 3.05) is 19.8 Å². The van der Waals surface area contributed by atoms with Crippen LogP contribution in [0.5, 0.6) is 0 Å². The van der Waals surface area contributed by atoms with E-state index in [2.05, 4.69) is 15.6 Å². The molecule has 0 saturated carbocycles. The van der Waals surface area contributed by atoms with Crippen LogP contribution in [0.2, 0.25) is 0 Å². The number of aromatic nitrogens is 1. The maximum Gasteiger partial charge on any atom is 0.315 e. The molecule has 0 aromatic carbocycles. The molecule has 1 aliphatic heterocycles. The van der Waals surface area contributed by atoms with E-state index in [4.69, 9.17) is 9.15 Å². The van der Waals surface area contributed by atoms with Crippen molar-refractivity contribution in [3.63, 3.8) is 0 Å². The van der Waals surface area contributed by atoms with Gasteiger partial charge in [0.25, 0.3) is 0 Å².